The molecule has 2 aromatic carbocycles. The predicted octanol–water partition coefficient (Wildman–Crippen LogP) is 1.02. The van der Waals surface area contributed by atoms with E-state index in [2.05, 4.69) is 21.3 Å². The van der Waals surface area contributed by atoms with Crippen molar-refractivity contribution in [2.75, 3.05) is 13.1 Å². The third kappa shape index (κ3) is 14.4. The van der Waals surface area contributed by atoms with Gasteiger partial charge >= 0.3 is 5.97 Å². The lowest BCUT2D eigenvalue weighted by molar-refractivity contribution is -0.137. The fourth-order valence-electron chi connectivity index (χ4n) is 4.72. The van der Waals surface area contributed by atoms with Crippen molar-refractivity contribution in [2.45, 2.75) is 83.0 Å². The molecule has 0 radical (unpaired) electrons. The van der Waals surface area contributed by atoms with Crippen molar-refractivity contribution in [1.29, 1.82) is 0 Å². The first-order valence-electron chi connectivity index (χ1n) is 15.4. The monoisotopic (exact) mass is 624 g/mol. The molecule has 12 heteroatoms. The summed E-state index contributed by atoms with van der Waals surface area (Å²) in [6, 6.07) is 14.6. The van der Waals surface area contributed by atoms with Crippen LogP contribution in [0.15, 0.2) is 60.7 Å². The van der Waals surface area contributed by atoms with Gasteiger partial charge in [0.1, 0.15) is 18.1 Å². The number of amides is 4. The van der Waals surface area contributed by atoms with E-state index in [4.69, 9.17) is 16.6 Å². The maximum atomic E-state index is 13.7. The Morgan fingerprint density at radius 3 is 1.80 bits per heavy atom. The Balaban J connectivity index is 2.21. The first-order chi connectivity index (χ1) is 21.5. The molecule has 0 spiro atoms. The Kier molecular flexibility index (Phi) is 16.3. The maximum absolute atomic E-state index is 13.7. The molecule has 0 saturated heterocycles. The van der Waals surface area contributed by atoms with Crippen molar-refractivity contribution in [3.05, 3.63) is 71.8 Å². The molecule has 0 aliphatic heterocycles. The highest BCUT2D eigenvalue weighted by Crippen LogP contribution is 2.10. The molecule has 0 unspecified atom stereocenters. The van der Waals surface area contributed by atoms with Crippen LogP contribution in [0.4, 0.5) is 0 Å². The van der Waals surface area contributed by atoms with Crippen LogP contribution in [0.5, 0.6) is 0 Å². The van der Waals surface area contributed by atoms with Crippen LogP contribution in [0, 0.1) is 5.92 Å². The van der Waals surface area contributed by atoms with Gasteiger partial charge in [-0.2, -0.15) is 0 Å². The number of nitrogens with two attached hydrogens (primary N) is 2. The van der Waals surface area contributed by atoms with Crippen molar-refractivity contribution in [1.82, 2.24) is 21.3 Å². The van der Waals surface area contributed by atoms with Gasteiger partial charge in [0, 0.05) is 13.0 Å². The molecule has 9 N–H and O–H groups in total. The molecule has 246 valence electrons. The lowest BCUT2D eigenvalue weighted by atomic mass is 9.99. The van der Waals surface area contributed by atoms with Crippen LogP contribution < -0.4 is 32.7 Å². The number of carboxylic acids is 1. The molecule has 4 atom stereocenters. The highest BCUT2D eigenvalue weighted by Gasteiger charge is 2.31. The van der Waals surface area contributed by atoms with Gasteiger partial charge in [-0.25, -0.2) is 0 Å². The highest BCUT2D eigenvalue weighted by molar-refractivity contribution is 5.95. The molecule has 0 aromatic heterocycles. The van der Waals surface area contributed by atoms with E-state index in [0.717, 1.165) is 11.1 Å². The van der Waals surface area contributed by atoms with Crippen LogP contribution in [-0.2, 0) is 36.8 Å². The van der Waals surface area contributed by atoms with Crippen LogP contribution in [0.2, 0.25) is 0 Å². The molecular weight excluding hydrogens is 576 g/mol. The molecule has 4 amide bonds. The van der Waals surface area contributed by atoms with E-state index in [9.17, 15) is 24.0 Å². The molecule has 2 rings (SSSR count). The Hall–Kier alpha value is -4.29. The summed E-state index contributed by atoms with van der Waals surface area (Å²) >= 11 is 0. The van der Waals surface area contributed by atoms with Crippen molar-refractivity contribution < 1.29 is 29.1 Å². The fraction of sp³-hybridized carbons (Fsp3) is 0.485. The van der Waals surface area contributed by atoms with Gasteiger partial charge in [-0.05, 0) is 55.7 Å². The molecule has 0 bridgehead atoms. The quantitative estimate of drug-likeness (QED) is 0.106. The summed E-state index contributed by atoms with van der Waals surface area (Å²) in [6.07, 6.45) is 1.94. The lowest BCUT2D eigenvalue weighted by Gasteiger charge is -2.27. The average Bonchev–Trinajstić information content (AvgIpc) is 3.00. The molecule has 45 heavy (non-hydrogen) atoms. The topological polar surface area (TPSA) is 206 Å². The van der Waals surface area contributed by atoms with Crippen molar-refractivity contribution >= 4 is 29.6 Å². The Morgan fingerprint density at radius 1 is 0.711 bits per heavy atom. The highest BCUT2D eigenvalue weighted by atomic mass is 16.4. The van der Waals surface area contributed by atoms with E-state index in [1.165, 1.54) is 0 Å². The zero-order chi connectivity index (χ0) is 33.2. The van der Waals surface area contributed by atoms with Gasteiger partial charge in [0.15, 0.2) is 0 Å². The smallest absolute Gasteiger partial charge is 0.305 e. The van der Waals surface area contributed by atoms with E-state index in [-0.39, 0.29) is 44.6 Å². The second-order valence-electron chi connectivity index (χ2n) is 11.5. The second kappa shape index (κ2) is 19.9. The van der Waals surface area contributed by atoms with Gasteiger partial charge < -0.3 is 37.8 Å². The van der Waals surface area contributed by atoms with Gasteiger partial charge in [-0.3, -0.25) is 24.0 Å². The largest absolute Gasteiger partial charge is 0.481 e. The van der Waals surface area contributed by atoms with Crippen LogP contribution in [0.3, 0.4) is 0 Å². The number of carbonyl (C=O) groups excluding carboxylic acids is 4. The maximum Gasteiger partial charge on any atom is 0.305 e. The van der Waals surface area contributed by atoms with E-state index >= 15 is 0 Å². The molecule has 0 aliphatic rings. The SMILES string of the molecule is CC(C)C[C@@H](NC(=O)[C@@H](Cc1ccccc1)NC(=O)[C@H](N)Cc1ccccc1)C(=O)N[C@H](CCCCN)C(=O)NCCC(=O)O. The summed E-state index contributed by atoms with van der Waals surface area (Å²) in [5.41, 5.74) is 13.5. The number of carbonyl (C=O) groups is 5. The van der Waals surface area contributed by atoms with Gasteiger partial charge in [0.25, 0.3) is 0 Å². The molecule has 0 fully saturated rings. The van der Waals surface area contributed by atoms with Crippen LogP contribution in [-0.4, -0.2) is 72.0 Å². The minimum atomic E-state index is -1.06. The van der Waals surface area contributed by atoms with E-state index < -0.39 is 53.8 Å². The van der Waals surface area contributed by atoms with Gasteiger partial charge in [0.2, 0.25) is 23.6 Å². The standard InChI is InChI=1S/C33H48N6O6/c1-22(2)19-27(32(44)37-26(15-9-10-17-34)31(43)36-18-16-29(40)41)39-33(45)28(21-24-13-7-4-8-14-24)38-30(42)25(35)20-23-11-5-3-6-12-23/h3-8,11-14,22,25-28H,9-10,15-21,34-35H2,1-2H3,(H,36,43)(H,37,44)(H,38,42)(H,39,45)(H,40,41)/t25-,26-,27-,28-/m1/s1. The molecule has 12 nitrogen and oxygen atoms in total. The average molecular weight is 625 g/mol. The van der Waals surface area contributed by atoms with Crippen molar-refractivity contribution in [2.24, 2.45) is 17.4 Å². The fourth-order valence-corrected chi connectivity index (χ4v) is 4.72. The molecule has 0 aliphatic carbocycles. The number of carboxylic acid groups (broad SMARTS) is 1. The predicted molar refractivity (Wildman–Crippen MR) is 172 cm³/mol. The van der Waals surface area contributed by atoms with Gasteiger partial charge in [0.05, 0.1) is 12.5 Å². The number of benzene rings is 2. The Labute approximate surface area is 265 Å². The van der Waals surface area contributed by atoms with E-state index in [0.29, 0.717) is 19.4 Å². The number of aliphatic carboxylic acids is 1. The zero-order valence-corrected chi connectivity index (χ0v) is 26.2. The summed E-state index contributed by atoms with van der Waals surface area (Å²) < 4.78 is 0. The third-order valence-corrected chi connectivity index (χ3v) is 7.11. The van der Waals surface area contributed by atoms with Crippen molar-refractivity contribution in [3.8, 4) is 0 Å². The Morgan fingerprint density at radius 2 is 1.24 bits per heavy atom. The summed E-state index contributed by atoms with van der Waals surface area (Å²) in [5.74, 6) is -3.20. The van der Waals surface area contributed by atoms with Crippen molar-refractivity contribution in [3.63, 3.8) is 0 Å². The summed E-state index contributed by atoms with van der Waals surface area (Å²) in [5, 5.41) is 19.8. The zero-order valence-electron chi connectivity index (χ0n) is 26.2. The number of unbranched alkanes of at least 4 members (excludes halogenated alkanes) is 1. The van der Waals surface area contributed by atoms with Crippen LogP contribution in [0.25, 0.3) is 0 Å². The third-order valence-electron chi connectivity index (χ3n) is 7.11. The summed E-state index contributed by atoms with van der Waals surface area (Å²) in [7, 11) is 0. The summed E-state index contributed by atoms with van der Waals surface area (Å²) in [4.78, 5) is 64.1. The van der Waals surface area contributed by atoms with E-state index in [1.54, 1.807) is 0 Å². The molecular formula is C33H48N6O6. The number of rotatable bonds is 20. The normalized spacial score (nSPS) is 13.6. The first-order valence-corrected chi connectivity index (χ1v) is 15.4. The lowest BCUT2D eigenvalue weighted by Crippen LogP contribution is -2.58. The minimum absolute atomic E-state index is 0.00240. The van der Waals surface area contributed by atoms with Gasteiger partial charge in [-0.1, -0.05) is 74.5 Å². The van der Waals surface area contributed by atoms with Gasteiger partial charge in [-0.15, -0.1) is 0 Å². The van der Waals surface area contributed by atoms with Crippen LogP contribution in [0.1, 0.15) is 57.1 Å². The Bertz CT molecular complexity index is 1230. The molecule has 0 heterocycles. The van der Waals surface area contributed by atoms with E-state index in [1.807, 2.05) is 74.5 Å². The number of hydrogen-bond acceptors (Lipinski definition) is 7. The molecule has 2 aromatic rings. The first kappa shape index (κ1) is 36.9. The number of hydrogen-bond donors (Lipinski definition) is 7. The number of nitrogens with one attached hydrogen (secondary N) is 4. The minimum Gasteiger partial charge on any atom is -0.481 e. The summed E-state index contributed by atoms with van der Waals surface area (Å²) in [6.45, 7) is 4.12. The second-order valence-corrected chi connectivity index (χ2v) is 11.5. The van der Waals surface area contributed by atoms with Crippen LogP contribution >= 0.6 is 0 Å². The molecule has 0 saturated carbocycles.